The Morgan fingerprint density at radius 1 is 1.28 bits per heavy atom. The van der Waals surface area contributed by atoms with Crippen LogP contribution in [0.1, 0.15) is 39.2 Å². The van der Waals surface area contributed by atoms with Gasteiger partial charge in [-0.3, -0.25) is 0 Å². The number of nitrogens with two attached hydrogens (primary N) is 1. The van der Waals surface area contributed by atoms with Crippen LogP contribution in [0.15, 0.2) is 24.3 Å². The van der Waals surface area contributed by atoms with Gasteiger partial charge in [0, 0.05) is 38.3 Å². The lowest BCUT2D eigenvalue weighted by atomic mass is 9.99. The molecule has 0 aromatic heterocycles. The van der Waals surface area contributed by atoms with Gasteiger partial charge in [0.2, 0.25) is 0 Å². The van der Waals surface area contributed by atoms with Crippen LogP contribution in [-0.2, 0) is 16.1 Å². The molecule has 3 N–H and O–H groups in total. The number of nitrogens with one attached hydrogen (secondary N) is 1. The zero-order valence-electron chi connectivity index (χ0n) is 15.7. The lowest BCUT2D eigenvalue weighted by Gasteiger charge is -2.31. The van der Waals surface area contributed by atoms with E-state index in [1.807, 2.05) is 52.1 Å². The van der Waals surface area contributed by atoms with Crippen molar-refractivity contribution in [2.75, 3.05) is 25.5 Å². The van der Waals surface area contributed by atoms with E-state index in [9.17, 15) is 9.59 Å². The fourth-order valence-corrected chi connectivity index (χ4v) is 2.35. The number of likely N-dealkylation sites (tertiary alicyclic amines) is 1. The van der Waals surface area contributed by atoms with Gasteiger partial charge in [0.25, 0.3) is 0 Å². The van der Waals surface area contributed by atoms with Gasteiger partial charge in [0.15, 0.2) is 0 Å². The van der Waals surface area contributed by atoms with Gasteiger partial charge in [0.05, 0.1) is 0 Å². The lowest BCUT2D eigenvalue weighted by Crippen LogP contribution is -2.41. The Morgan fingerprint density at radius 3 is 2.24 bits per heavy atom. The van der Waals surface area contributed by atoms with Gasteiger partial charge in [-0.1, -0.05) is 12.1 Å². The third-order valence-corrected chi connectivity index (χ3v) is 3.86. The molecule has 0 saturated carbocycles. The first kappa shape index (κ1) is 21.0. The van der Waals surface area contributed by atoms with Crippen LogP contribution < -0.4 is 11.1 Å². The number of amides is 1. The maximum Gasteiger partial charge on any atom is 0.410 e. The summed E-state index contributed by atoms with van der Waals surface area (Å²) in [4.78, 5) is 23.8. The van der Waals surface area contributed by atoms with E-state index in [1.165, 1.54) is 5.56 Å². The molecule has 0 aliphatic carbocycles. The normalized spacial score (nSPS) is 15.0. The monoisotopic (exact) mass is 349 g/mol. The minimum absolute atomic E-state index is 0.115. The molecule has 1 amide bonds. The zero-order valence-corrected chi connectivity index (χ0v) is 15.7. The minimum atomic E-state index is -0.446. The maximum absolute atomic E-state index is 11.6. The van der Waals surface area contributed by atoms with Gasteiger partial charge < -0.3 is 25.5 Å². The molecule has 140 valence electrons. The van der Waals surface area contributed by atoms with Crippen LogP contribution in [0.25, 0.3) is 0 Å². The standard InChI is InChI=1S/C11H19NO3.C8H12N2/c1-11(2,3)15-10(14)12-6-4-9(8-13)5-7-12;1-10-8-4-2-7(6-9)3-5-8/h8-9H,4-7H2,1-3H3;2-5,10H,6,9H2,1H3. The number of carbonyl (C=O) groups excluding carboxylic acids is 2. The van der Waals surface area contributed by atoms with Crippen molar-refractivity contribution in [3.63, 3.8) is 0 Å². The van der Waals surface area contributed by atoms with E-state index in [1.54, 1.807) is 4.90 Å². The number of rotatable bonds is 3. The molecule has 0 atom stereocenters. The highest BCUT2D eigenvalue weighted by Crippen LogP contribution is 2.17. The first-order chi connectivity index (χ1) is 11.8. The SMILES string of the molecule is CC(C)(C)OC(=O)N1CCC(C=O)CC1.CNc1ccc(CN)cc1. The predicted molar refractivity (Wildman–Crippen MR) is 100 cm³/mol. The Bertz CT molecular complexity index is 507. The van der Waals surface area contributed by atoms with Crippen LogP contribution in [0, 0.1) is 5.92 Å². The third kappa shape index (κ3) is 8.03. The number of aldehydes is 1. The number of anilines is 1. The van der Waals surface area contributed by atoms with Crippen molar-refractivity contribution < 1.29 is 14.3 Å². The van der Waals surface area contributed by atoms with E-state index in [2.05, 4.69) is 5.32 Å². The van der Waals surface area contributed by atoms with E-state index in [-0.39, 0.29) is 12.0 Å². The van der Waals surface area contributed by atoms with Crippen molar-refractivity contribution in [3.05, 3.63) is 29.8 Å². The molecule has 6 nitrogen and oxygen atoms in total. The molecule has 1 aliphatic rings. The van der Waals surface area contributed by atoms with Crippen molar-refractivity contribution in [3.8, 4) is 0 Å². The van der Waals surface area contributed by atoms with Gasteiger partial charge in [0.1, 0.15) is 11.9 Å². The number of ether oxygens (including phenoxy) is 1. The summed E-state index contributed by atoms with van der Waals surface area (Å²) < 4.78 is 5.24. The number of piperidine rings is 1. The van der Waals surface area contributed by atoms with Crippen LogP contribution in [0.4, 0.5) is 10.5 Å². The van der Waals surface area contributed by atoms with Crippen molar-refractivity contribution >= 4 is 18.1 Å². The van der Waals surface area contributed by atoms with Crippen molar-refractivity contribution in [1.29, 1.82) is 0 Å². The van der Waals surface area contributed by atoms with E-state index in [4.69, 9.17) is 10.5 Å². The average molecular weight is 349 g/mol. The van der Waals surface area contributed by atoms with E-state index in [0.717, 1.165) is 24.8 Å². The second kappa shape index (κ2) is 10.0. The van der Waals surface area contributed by atoms with E-state index in [0.29, 0.717) is 19.6 Å². The van der Waals surface area contributed by atoms with Crippen LogP contribution in [0.2, 0.25) is 0 Å². The molecule has 0 spiro atoms. The summed E-state index contributed by atoms with van der Waals surface area (Å²) >= 11 is 0. The Hall–Kier alpha value is -2.08. The molecule has 0 bridgehead atoms. The molecule has 25 heavy (non-hydrogen) atoms. The van der Waals surface area contributed by atoms with Crippen molar-refractivity contribution in [1.82, 2.24) is 4.90 Å². The summed E-state index contributed by atoms with van der Waals surface area (Å²) in [5.74, 6) is 0.115. The number of nitrogens with zero attached hydrogens (tertiary/aromatic N) is 1. The molecule has 1 heterocycles. The van der Waals surface area contributed by atoms with Crippen LogP contribution in [0.3, 0.4) is 0 Å². The Kier molecular flexibility index (Phi) is 8.41. The second-order valence-corrected chi connectivity index (χ2v) is 7.09. The molecule has 1 aromatic carbocycles. The maximum atomic E-state index is 11.6. The summed E-state index contributed by atoms with van der Waals surface area (Å²) in [6, 6.07) is 8.07. The number of carbonyl (C=O) groups is 2. The summed E-state index contributed by atoms with van der Waals surface area (Å²) in [5, 5.41) is 3.04. The molecule has 0 radical (unpaired) electrons. The first-order valence-electron chi connectivity index (χ1n) is 8.69. The number of benzene rings is 1. The summed E-state index contributed by atoms with van der Waals surface area (Å²) in [6.07, 6.45) is 2.21. The first-order valence-corrected chi connectivity index (χ1v) is 8.69. The zero-order chi connectivity index (χ0) is 18.9. The molecule has 1 aliphatic heterocycles. The number of hydrogen-bond acceptors (Lipinski definition) is 5. The van der Waals surface area contributed by atoms with E-state index >= 15 is 0 Å². The summed E-state index contributed by atoms with van der Waals surface area (Å²) in [7, 11) is 1.90. The molecule has 1 fully saturated rings. The topological polar surface area (TPSA) is 84.7 Å². The molecule has 6 heteroatoms. The average Bonchev–Trinajstić information content (AvgIpc) is 2.61. The highest BCUT2D eigenvalue weighted by molar-refractivity contribution is 5.68. The molecular formula is C19H31N3O3. The van der Waals surface area contributed by atoms with E-state index < -0.39 is 5.60 Å². The third-order valence-electron chi connectivity index (χ3n) is 3.86. The molecule has 1 aromatic rings. The van der Waals surface area contributed by atoms with Crippen LogP contribution in [-0.4, -0.2) is 43.0 Å². The van der Waals surface area contributed by atoms with Gasteiger partial charge in [-0.25, -0.2) is 4.79 Å². The molecular weight excluding hydrogens is 318 g/mol. The molecule has 0 unspecified atom stereocenters. The van der Waals surface area contributed by atoms with Gasteiger partial charge in [-0.15, -0.1) is 0 Å². The minimum Gasteiger partial charge on any atom is -0.444 e. The smallest absolute Gasteiger partial charge is 0.410 e. The number of hydrogen-bond donors (Lipinski definition) is 2. The quantitative estimate of drug-likeness (QED) is 0.820. The Balaban J connectivity index is 0.000000271. The van der Waals surface area contributed by atoms with Gasteiger partial charge in [-0.05, 0) is 51.3 Å². The fraction of sp³-hybridized carbons (Fsp3) is 0.579. The van der Waals surface area contributed by atoms with Gasteiger partial charge in [-0.2, -0.15) is 0 Å². The highest BCUT2D eigenvalue weighted by atomic mass is 16.6. The fourth-order valence-electron chi connectivity index (χ4n) is 2.35. The molecule has 1 saturated heterocycles. The summed E-state index contributed by atoms with van der Waals surface area (Å²) in [5.41, 5.74) is 7.26. The Labute approximate surface area is 150 Å². The second-order valence-electron chi connectivity index (χ2n) is 7.09. The predicted octanol–water partition coefficient (Wildman–Crippen LogP) is 3.02. The van der Waals surface area contributed by atoms with Crippen molar-refractivity contribution in [2.24, 2.45) is 11.7 Å². The summed E-state index contributed by atoms with van der Waals surface area (Å²) in [6.45, 7) is 7.41. The van der Waals surface area contributed by atoms with Crippen LogP contribution in [0.5, 0.6) is 0 Å². The lowest BCUT2D eigenvalue weighted by molar-refractivity contribution is -0.112. The highest BCUT2D eigenvalue weighted by Gasteiger charge is 2.26. The van der Waals surface area contributed by atoms with Crippen LogP contribution >= 0.6 is 0 Å². The largest absolute Gasteiger partial charge is 0.444 e. The Morgan fingerprint density at radius 2 is 1.84 bits per heavy atom. The van der Waals surface area contributed by atoms with Gasteiger partial charge >= 0.3 is 6.09 Å². The van der Waals surface area contributed by atoms with Crippen molar-refractivity contribution in [2.45, 2.75) is 45.8 Å². The molecule has 2 rings (SSSR count).